The molecule has 1 saturated heterocycles. The molecule has 2 aromatic rings. The third kappa shape index (κ3) is 2.30. The fourth-order valence-corrected chi connectivity index (χ4v) is 5.73. The Morgan fingerprint density at radius 2 is 2.27 bits per heavy atom. The van der Waals surface area contributed by atoms with Gasteiger partial charge in [0.15, 0.2) is 0 Å². The van der Waals surface area contributed by atoms with Crippen LogP contribution in [0.1, 0.15) is 36.8 Å². The third-order valence-corrected chi connectivity index (χ3v) is 6.59. The van der Waals surface area contributed by atoms with Crippen LogP contribution in [0.2, 0.25) is 0 Å². The molecule has 1 unspecified atom stereocenters. The van der Waals surface area contributed by atoms with Crippen molar-refractivity contribution >= 4 is 22.7 Å². The average molecular weight is 316 g/mol. The zero-order chi connectivity index (χ0) is 15.1. The number of hydrogen-bond acceptors (Lipinski definition) is 1. The van der Waals surface area contributed by atoms with Gasteiger partial charge in [-0.15, -0.1) is 0 Å². The summed E-state index contributed by atoms with van der Waals surface area (Å²) < 4.78 is 0. The lowest BCUT2D eigenvalue weighted by molar-refractivity contribution is -0.935. The van der Waals surface area contributed by atoms with E-state index < -0.39 is 0 Å². The highest BCUT2D eigenvalue weighted by atomic mass is 32.2. The molecule has 1 fully saturated rings. The highest BCUT2D eigenvalue weighted by Crippen LogP contribution is 2.40. The largest absolute Gasteiger partial charge is 0.361 e. The average Bonchev–Trinajstić information content (AvgIpc) is 2.94. The predicted molar refractivity (Wildman–Crippen MR) is 96.0 cm³/mol. The van der Waals surface area contributed by atoms with Gasteiger partial charge in [-0.2, -0.15) is 11.8 Å². The van der Waals surface area contributed by atoms with Crippen LogP contribution in [0.5, 0.6) is 0 Å². The van der Waals surface area contributed by atoms with Gasteiger partial charge in [-0.25, -0.2) is 0 Å². The number of likely N-dealkylation sites (tertiary alicyclic amines) is 1. The normalized spacial score (nSPS) is 30.5. The second-order valence-corrected chi connectivity index (χ2v) is 8.08. The predicted octanol–water partition coefficient (Wildman–Crippen LogP) is 2.85. The number of piperidine rings is 1. The van der Waals surface area contributed by atoms with E-state index >= 15 is 0 Å². The van der Waals surface area contributed by atoms with Gasteiger partial charge in [0, 0.05) is 41.1 Å². The quantitative estimate of drug-likeness (QED) is 0.889. The van der Waals surface area contributed by atoms with Gasteiger partial charge < -0.3 is 9.88 Å². The van der Waals surface area contributed by atoms with Crippen molar-refractivity contribution < 1.29 is 4.90 Å². The molecule has 1 aromatic heterocycles. The molecule has 3 heteroatoms. The smallest absolute Gasteiger partial charge is 0.0986 e. The Morgan fingerprint density at radius 3 is 3.09 bits per heavy atom. The van der Waals surface area contributed by atoms with Crippen LogP contribution in [0.3, 0.4) is 0 Å². The van der Waals surface area contributed by atoms with E-state index in [0.717, 1.165) is 17.9 Å². The number of hydrogen-bond donors (Lipinski definition) is 2. The number of nitrogens with one attached hydrogen (secondary N) is 2. The molecule has 2 heterocycles. The molecule has 4 atom stereocenters. The first kappa shape index (κ1) is 14.6. The van der Waals surface area contributed by atoms with Gasteiger partial charge in [0.2, 0.25) is 0 Å². The minimum Gasteiger partial charge on any atom is -0.361 e. The molecule has 1 aromatic carbocycles. The van der Waals surface area contributed by atoms with Gasteiger partial charge in [-0.1, -0.05) is 19.1 Å². The Morgan fingerprint density at radius 1 is 1.36 bits per heavy atom. The van der Waals surface area contributed by atoms with E-state index in [2.05, 4.69) is 42.6 Å². The van der Waals surface area contributed by atoms with E-state index in [4.69, 9.17) is 0 Å². The number of thioether (sulfide) groups is 1. The molecule has 2 aliphatic rings. The minimum absolute atomic E-state index is 0.763. The van der Waals surface area contributed by atoms with Crippen molar-refractivity contribution in [2.45, 2.75) is 38.1 Å². The first-order valence-corrected chi connectivity index (χ1v) is 10.1. The monoisotopic (exact) mass is 315 g/mol. The van der Waals surface area contributed by atoms with Crippen LogP contribution in [-0.4, -0.2) is 36.1 Å². The standard InChI is InChI=1S/C19H26N2S/c1-3-7-21-11-13(12-22-2)8-16-15-5-4-6-17-19(15)14(10-20-17)9-18(16)21/h4-6,10,13,16,18,20H,3,7-9,11-12H2,1-2H3/p+1/t13-,16-,18-/m1/s1. The van der Waals surface area contributed by atoms with E-state index in [9.17, 15) is 0 Å². The highest BCUT2D eigenvalue weighted by Gasteiger charge is 2.43. The van der Waals surface area contributed by atoms with Gasteiger partial charge in [-0.3, -0.25) is 0 Å². The van der Waals surface area contributed by atoms with Crippen molar-refractivity contribution in [1.29, 1.82) is 0 Å². The summed E-state index contributed by atoms with van der Waals surface area (Å²) in [6, 6.07) is 7.69. The van der Waals surface area contributed by atoms with Crippen LogP contribution in [0.25, 0.3) is 10.9 Å². The zero-order valence-electron chi connectivity index (χ0n) is 13.7. The molecular formula is C19H27N2S+. The van der Waals surface area contributed by atoms with Crippen molar-refractivity contribution in [2.24, 2.45) is 5.92 Å². The van der Waals surface area contributed by atoms with Crippen LogP contribution in [0.4, 0.5) is 0 Å². The molecule has 118 valence electrons. The van der Waals surface area contributed by atoms with Gasteiger partial charge in [-0.05, 0) is 36.3 Å². The molecule has 4 rings (SSSR count). The molecule has 1 aliphatic carbocycles. The molecule has 0 radical (unpaired) electrons. The molecule has 2 nitrogen and oxygen atoms in total. The molecule has 0 spiro atoms. The number of rotatable bonds is 4. The third-order valence-electron chi connectivity index (χ3n) is 5.78. The number of aromatic amines is 1. The van der Waals surface area contributed by atoms with E-state index in [-0.39, 0.29) is 0 Å². The lowest BCUT2D eigenvalue weighted by Crippen LogP contribution is -3.18. The first-order valence-electron chi connectivity index (χ1n) is 8.74. The van der Waals surface area contributed by atoms with Crippen LogP contribution in [0, 0.1) is 5.92 Å². The van der Waals surface area contributed by atoms with Gasteiger partial charge in [0.25, 0.3) is 0 Å². The van der Waals surface area contributed by atoms with Crippen LogP contribution in [-0.2, 0) is 6.42 Å². The lowest BCUT2D eigenvalue weighted by Gasteiger charge is -2.44. The fraction of sp³-hybridized carbons (Fsp3) is 0.579. The number of aromatic nitrogens is 1. The van der Waals surface area contributed by atoms with Crippen molar-refractivity contribution in [2.75, 3.05) is 25.1 Å². The highest BCUT2D eigenvalue weighted by molar-refractivity contribution is 7.98. The van der Waals surface area contributed by atoms with Gasteiger partial charge >= 0.3 is 0 Å². The Balaban J connectivity index is 1.75. The zero-order valence-corrected chi connectivity index (χ0v) is 14.5. The van der Waals surface area contributed by atoms with E-state index in [1.54, 1.807) is 16.5 Å². The van der Waals surface area contributed by atoms with Gasteiger partial charge in [0.1, 0.15) is 0 Å². The summed E-state index contributed by atoms with van der Waals surface area (Å²) in [5.74, 6) is 2.97. The van der Waals surface area contributed by atoms with Crippen LogP contribution < -0.4 is 4.90 Å². The second kappa shape index (κ2) is 5.93. The van der Waals surface area contributed by atoms with Crippen molar-refractivity contribution in [1.82, 2.24) is 4.98 Å². The summed E-state index contributed by atoms with van der Waals surface area (Å²) in [5.41, 5.74) is 4.53. The summed E-state index contributed by atoms with van der Waals surface area (Å²) in [6.07, 6.45) is 8.49. The molecular weight excluding hydrogens is 288 g/mol. The Bertz CT molecular complexity index is 662. The molecule has 2 N–H and O–H groups in total. The topological polar surface area (TPSA) is 20.2 Å². The maximum absolute atomic E-state index is 3.50. The van der Waals surface area contributed by atoms with Crippen molar-refractivity contribution in [3.8, 4) is 0 Å². The molecule has 0 bridgehead atoms. The number of quaternary nitrogens is 1. The Hall–Kier alpha value is -0.930. The maximum Gasteiger partial charge on any atom is 0.0986 e. The van der Waals surface area contributed by atoms with Gasteiger partial charge in [0.05, 0.1) is 19.1 Å². The maximum atomic E-state index is 3.50. The molecule has 0 saturated carbocycles. The number of benzene rings is 1. The second-order valence-electron chi connectivity index (χ2n) is 7.17. The summed E-state index contributed by atoms with van der Waals surface area (Å²) >= 11 is 2.03. The molecule has 0 amide bonds. The van der Waals surface area contributed by atoms with Crippen LogP contribution in [0.15, 0.2) is 24.4 Å². The van der Waals surface area contributed by atoms with E-state index in [1.165, 1.54) is 43.6 Å². The summed E-state index contributed by atoms with van der Waals surface area (Å²) in [6.45, 7) is 5.05. The van der Waals surface area contributed by atoms with Crippen molar-refractivity contribution in [3.05, 3.63) is 35.5 Å². The minimum atomic E-state index is 0.763. The van der Waals surface area contributed by atoms with E-state index in [1.807, 2.05) is 16.7 Å². The summed E-state index contributed by atoms with van der Waals surface area (Å²) in [5, 5.41) is 1.55. The Kier molecular flexibility index (Phi) is 3.95. The SMILES string of the molecule is CCC[NH+]1C[C@H](CSC)C[C@@H]2c3cccc4[nH]cc(c34)C[C@H]21. The number of H-pyrrole nitrogens is 1. The fourth-order valence-electron chi connectivity index (χ4n) is 5.01. The molecule has 22 heavy (non-hydrogen) atoms. The number of fused-ring (bicyclic) bond motifs is 2. The molecule has 1 aliphatic heterocycles. The summed E-state index contributed by atoms with van der Waals surface area (Å²) in [4.78, 5) is 5.36. The summed E-state index contributed by atoms with van der Waals surface area (Å²) in [7, 11) is 0. The Labute approximate surface area is 137 Å². The first-order chi connectivity index (χ1) is 10.8. The van der Waals surface area contributed by atoms with Crippen molar-refractivity contribution in [3.63, 3.8) is 0 Å². The van der Waals surface area contributed by atoms with E-state index in [0.29, 0.717) is 0 Å². The van der Waals surface area contributed by atoms with Crippen LogP contribution >= 0.6 is 11.8 Å². The lowest BCUT2D eigenvalue weighted by atomic mass is 9.72.